The van der Waals surface area contributed by atoms with Gasteiger partial charge in [-0.2, -0.15) is 13.2 Å². The van der Waals surface area contributed by atoms with Crippen LogP contribution in [0.25, 0.3) is 11.3 Å². The molecule has 0 aliphatic heterocycles. The monoisotopic (exact) mass is 474 g/mol. The molecule has 0 fully saturated rings. The second kappa shape index (κ2) is 10.7. The van der Waals surface area contributed by atoms with Crippen molar-refractivity contribution in [2.24, 2.45) is 5.92 Å². The van der Waals surface area contributed by atoms with Crippen LogP contribution in [0.15, 0.2) is 52.9 Å². The molecule has 8 heteroatoms. The molecule has 0 aliphatic carbocycles. The molecule has 1 heterocycles. The van der Waals surface area contributed by atoms with Crippen molar-refractivity contribution in [2.75, 3.05) is 19.0 Å². The van der Waals surface area contributed by atoms with Crippen molar-refractivity contribution in [3.05, 3.63) is 70.8 Å². The maximum Gasteiger partial charge on any atom is 0.416 e. The van der Waals surface area contributed by atoms with Crippen LogP contribution in [-0.2, 0) is 19.1 Å². The average Bonchev–Trinajstić information content (AvgIpc) is 3.19. The molecule has 3 rings (SSSR count). The number of amides is 1. The van der Waals surface area contributed by atoms with Gasteiger partial charge in [0.2, 0.25) is 0 Å². The van der Waals surface area contributed by atoms with E-state index in [9.17, 15) is 18.0 Å². The molecule has 0 aliphatic rings. The van der Waals surface area contributed by atoms with Gasteiger partial charge in [-0.3, -0.25) is 4.79 Å². The van der Waals surface area contributed by atoms with Crippen LogP contribution in [0.1, 0.15) is 47.8 Å². The summed E-state index contributed by atoms with van der Waals surface area (Å²) in [5, 5.41) is 6.13. The van der Waals surface area contributed by atoms with Gasteiger partial charge in [0.15, 0.2) is 5.88 Å². The van der Waals surface area contributed by atoms with Gasteiger partial charge in [-0.25, -0.2) is 0 Å². The van der Waals surface area contributed by atoms with Crippen molar-refractivity contribution in [3.8, 4) is 17.1 Å². The highest BCUT2D eigenvalue weighted by atomic mass is 19.4. The summed E-state index contributed by atoms with van der Waals surface area (Å²) in [4.78, 5) is 13.1. The fraction of sp³-hybridized carbons (Fsp3) is 0.346. The maximum absolute atomic E-state index is 13.1. The number of nitrogens with one attached hydrogen (secondary N) is 2. The Hall–Kier alpha value is -3.42. The van der Waals surface area contributed by atoms with Gasteiger partial charge in [0.05, 0.1) is 18.2 Å². The summed E-state index contributed by atoms with van der Waals surface area (Å²) in [6.45, 7) is 6.77. The summed E-state index contributed by atoms with van der Waals surface area (Å²) in [7, 11) is 1.60. The summed E-state index contributed by atoms with van der Waals surface area (Å²) in [5.41, 5.74) is 1.61. The molecule has 2 aromatic carbocycles. The number of rotatable bonds is 9. The first-order valence-corrected chi connectivity index (χ1v) is 11.1. The van der Waals surface area contributed by atoms with Crippen LogP contribution in [0.2, 0.25) is 0 Å². The summed E-state index contributed by atoms with van der Waals surface area (Å²) in [5.74, 6) is 1.32. The molecule has 0 atom stereocenters. The molecule has 0 unspecified atom stereocenters. The molecule has 5 nitrogen and oxygen atoms in total. The number of hydrogen-bond acceptors (Lipinski definition) is 4. The van der Waals surface area contributed by atoms with Crippen LogP contribution in [0.5, 0.6) is 5.75 Å². The van der Waals surface area contributed by atoms with Crippen molar-refractivity contribution < 1.29 is 27.1 Å². The lowest BCUT2D eigenvalue weighted by atomic mass is 10.0. The second-order valence-electron chi connectivity index (χ2n) is 8.35. The Balaban J connectivity index is 1.98. The third-order valence-electron chi connectivity index (χ3n) is 5.35. The predicted octanol–water partition coefficient (Wildman–Crippen LogP) is 6.53. The smallest absolute Gasteiger partial charge is 0.416 e. The third kappa shape index (κ3) is 5.92. The van der Waals surface area contributed by atoms with Crippen LogP contribution in [0.4, 0.5) is 19.1 Å². The lowest BCUT2D eigenvalue weighted by Crippen LogP contribution is -2.28. The highest BCUT2D eigenvalue weighted by molar-refractivity contribution is 6.02. The van der Waals surface area contributed by atoms with Crippen LogP contribution in [0, 0.1) is 5.92 Å². The highest BCUT2D eigenvalue weighted by Crippen LogP contribution is 2.37. The molecule has 1 amide bonds. The van der Waals surface area contributed by atoms with Gasteiger partial charge < -0.3 is 19.8 Å². The first kappa shape index (κ1) is 25.2. The summed E-state index contributed by atoms with van der Waals surface area (Å²) < 4.78 is 50.3. The van der Waals surface area contributed by atoms with Crippen molar-refractivity contribution in [1.82, 2.24) is 5.32 Å². The Labute approximate surface area is 197 Å². The zero-order chi connectivity index (χ0) is 24.9. The fourth-order valence-corrected chi connectivity index (χ4v) is 3.51. The minimum Gasteiger partial charge on any atom is -0.497 e. The largest absolute Gasteiger partial charge is 0.497 e. The van der Waals surface area contributed by atoms with Crippen LogP contribution in [-0.4, -0.2) is 19.6 Å². The molecule has 34 heavy (non-hydrogen) atoms. The minimum absolute atomic E-state index is 0.239. The van der Waals surface area contributed by atoms with E-state index >= 15 is 0 Å². The molecule has 0 bridgehead atoms. The predicted molar refractivity (Wildman–Crippen MR) is 126 cm³/mol. The van der Waals surface area contributed by atoms with Gasteiger partial charge >= 0.3 is 6.18 Å². The molecule has 0 saturated carbocycles. The topological polar surface area (TPSA) is 63.5 Å². The van der Waals surface area contributed by atoms with Crippen molar-refractivity contribution in [1.29, 1.82) is 0 Å². The van der Waals surface area contributed by atoms with E-state index in [1.54, 1.807) is 7.11 Å². The van der Waals surface area contributed by atoms with E-state index in [1.807, 2.05) is 45.0 Å². The number of benzene rings is 2. The fourth-order valence-electron chi connectivity index (χ4n) is 3.51. The van der Waals surface area contributed by atoms with E-state index in [0.717, 1.165) is 23.4 Å². The zero-order valence-corrected chi connectivity index (χ0v) is 19.7. The number of hydrogen-bond donors (Lipinski definition) is 2. The van der Waals surface area contributed by atoms with E-state index in [4.69, 9.17) is 9.15 Å². The molecule has 2 N–H and O–H groups in total. The summed E-state index contributed by atoms with van der Waals surface area (Å²) in [6.07, 6.45) is -3.95. The Morgan fingerprint density at radius 1 is 1.06 bits per heavy atom. The number of carbonyl (C=O) groups excluding carboxylic acids is 1. The normalized spacial score (nSPS) is 11.5. The van der Waals surface area contributed by atoms with Crippen LogP contribution >= 0.6 is 0 Å². The quantitative estimate of drug-likeness (QED) is 0.370. The Morgan fingerprint density at radius 2 is 1.71 bits per heavy atom. The van der Waals surface area contributed by atoms with Gasteiger partial charge in [-0.05, 0) is 42.2 Å². The van der Waals surface area contributed by atoms with Gasteiger partial charge in [0.1, 0.15) is 11.5 Å². The SMILES string of the molecule is CCc1c(NCc2ccc(OC)cc2)oc(-c2ccc(C(F)(F)F)cc2)c1C(=O)NCC(C)C. The third-order valence-corrected chi connectivity index (χ3v) is 5.35. The van der Waals surface area contributed by atoms with Gasteiger partial charge in [0.25, 0.3) is 5.91 Å². The zero-order valence-electron chi connectivity index (χ0n) is 19.7. The van der Waals surface area contributed by atoms with E-state index < -0.39 is 11.7 Å². The lowest BCUT2D eigenvalue weighted by Gasteiger charge is -2.10. The Morgan fingerprint density at radius 3 is 2.24 bits per heavy atom. The van der Waals surface area contributed by atoms with Crippen molar-refractivity contribution in [2.45, 2.75) is 39.9 Å². The average molecular weight is 475 g/mol. The van der Waals surface area contributed by atoms with E-state index in [2.05, 4.69) is 10.6 Å². The first-order chi connectivity index (χ1) is 16.1. The van der Waals surface area contributed by atoms with E-state index in [0.29, 0.717) is 42.1 Å². The van der Waals surface area contributed by atoms with Gasteiger partial charge in [-0.1, -0.05) is 45.0 Å². The van der Waals surface area contributed by atoms with Crippen LogP contribution in [0.3, 0.4) is 0 Å². The maximum atomic E-state index is 13.1. The number of halogens is 3. The number of alkyl halides is 3. The van der Waals surface area contributed by atoms with Gasteiger partial charge in [0, 0.05) is 24.2 Å². The number of anilines is 1. The number of methoxy groups -OCH3 is 1. The van der Waals surface area contributed by atoms with E-state index in [1.165, 1.54) is 12.1 Å². The Bertz CT molecular complexity index is 1100. The number of furan rings is 1. The summed E-state index contributed by atoms with van der Waals surface area (Å²) >= 11 is 0. The van der Waals surface area contributed by atoms with E-state index in [-0.39, 0.29) is 17.6 Å². The molecule has 182 valence electrons. The van der Waals surface area contributed by atoms with Crippen LogP contribution < -0.4 is 15.4 Å². The molecular weight excluding hydrogens is 445 g/mol. The number of carbonyl (C=O) groups is 1. The van der Waals surface area contributed by atoms with Crippen molar-refractivity contribution in [3.63, 3.8) is 0 Å². The molecule has 0 radical (unpaired) electrons. The lowest BCUT2D eigenvalue weighted by molar-refractivity contribution is -0.137. The van der Waals surface area contributed by atoms with Crippen molar-refractivity contribution >= 4 is 11.8 Å². The second-order valence-corrected chi connectivity index (χ2v) is 8.35. The molecule has 0 saturated heterocycles. The molecule has 0 spiro atoms. The standard InChI is InChI=1S/C26H29F3N2O3/c1-5-21-22(24(32)30-14-16(2)3)23(18-8-10-19(11-9-18)26(27,28)29)34-25(21)31-15-17-6-12-20(33-4)13-7-17/h6-13,16,31H,5,14-15H2,1-4H3,(H,30,32). The summed E-state index contributed by atoms with van der Waals surface area (Å²) in [6, 6.07) is 12.1. The number of ether oxygens (including phenoxy) is 1. The Kier molecular flexibility index (Phi) is 7.91. The molecular formula is C26H29F3N2O3. The molecule has 3 aromatic rings. The molecule has 1 aromatic heterocycles. The highest BCUT2D eigenvalue weighted by Gasteiger charge is 2.31. The first-order valence-electron chi connectivity index (χ1n) is 11.1. The minimum atomic E-state index is -4.45. The van der Waals surface area contributed by atoms with Gasteiger partial charge in [-0.15, -0.1) is 0 Å².